The summed E-state index contributed by atoms with van der Waals surface area (Å²) in [6.45, 7) is 4.77. The summed E-state index contributed by atoms with van der Waals surface area (Å²) >= 11 is 0. The smallest absolute Gasteiger partial charge is 0.0540 e. The number of fused-ring (bicyclic) bond motifs is 5. The average Bonchev–Trinajstić information content (AvgIpc) is 3.46. The fourth-order valence-corrected chi connectivity index (χ4v) is 8.84. The Morgan fingerprint density at radius 3 is 1.78 bits per heavy atom. The predicted octanol–water partition coefficient (Wildman–Crippen LogP) is 14.8. The van der Waals surface area contributed by atoms with Crippen molar-refractivity contribution in [2.75, 3.05) is 4.90 Å². The van der Waals surface area contributed by atoms with Crippen LogP contribution in [0.25, 0.3) is 66.1 Å². The van der Waals surface area contributed by atoms with Crippen LogP contribution < -0.4 is 4.90 Å². The molecule has 0 radical (unpaired) electrons. The highest BCUT2D eigenvalue weighted by atomic mass is 15.1. The summed E-state index contributed by atoms with van der Waals surface area (Å²) in [6.07, 6.45) is 0. The summed E-state index contributed by atoms with van der Waals surface area (Å²) in [6, 6.07) is 73.3. The molecule has 0 saturated heterocycles. The quantitative estimate of drug-likeness (QED) is 0.168. The van der Waals surface area contributed by atoms with Crippen molar-refractivity contribution in [2.24, 2.45) is 0 Å². The van der Waals surface area contributed by atoms with Gasteiger partial charge in [0.25, 0.3) is 0 Å². The van der Waals surface area contributed by atoms with E-state index in [1.165, 1.54) is 77.2 Å². The standard InChI is InChI=1S/C53H39N/c1-53(2)49-29-16-28-46(45-27-15-21-36-19-9-11-24-42(36)45)52(49)47-32-31-41(35-50(47)53)54(40-22-7-4-8-23-40)51-30-14-13-26-44(51)39-33-38-20-10-12-25-43(38)48(34-39)37-17-5-3-6-18-37/h3-35H,1-2H3. The molecule has 9 aromatic rings. The molecule has 0 amide bonds. The highest BCUT2D eigenvalue weighted by Crippen LogP contribution is 2.54. The van der Waals surface area contributed by atoms with Gasteiger partial charge in [0.1, 0.15) is 0 Å². The van der Waals surface area contributed by atoms with Crippen molar-refractivity contribution < 1.29 is 0 Å². The van der Waals surface area contributed by atoms with Gasteiger partial charge in [-0.3, -0.25) is 0 Å². The molecule has 1 aliphatic carbocycles. The predicted molar refractivity (Wildman–Crippen MR) is 230 cm³/mol. The fourth-order valence-electron chi connectivity index (χ4n) is 8.84. The lowest BCUT2D eigenvalue weighted by atomic mass is 9.81. The molecule has 0 unspecified atom stereocenters. The molecule has 0 saturated carbocycles. The van der Waals surface area contributed by atoms with Gasteiger partial charge in [-0.2, -0.15) is 0 Å². The highest BCUT2D eigenvalue weighted by Gasteiger charge is 2.37. The maximum absolute atomic E-state index is 2.45. The second-order valence-electron chi connectivity index (χ2n) is 14.9. The molecule has 10 rings (SSSR count). The zero-order chi connectivity index (χ0) is 36.2. The van der Waals surface area contributed by atoms with Crippen molar-refractivity contribution in [1.82, 2.24) is 0 Å². The van der Waals surface area contributed by atoms with E-state index in [1.807, 2.05) is 0 Å². The van der Waals surface area contributed by atoms with Crippen LogP contribution in [0.2, 0.25) is 0 Å². The minimum atomic E-state index is -0.188. The largest absolute Gasteiger partial charge is 0.310 e. The molecule has 0 fully saturated rings. The van der Waals surface area contributed by atoms with Gasteiger partial charge < -0.3 is 4.90 Å². The van der Waals surface area contributed by atoms with Gasteiger partial charge in [0.2, 0.25) is 0 Å². The van der Waals surface area contributed by atoms with Gasteiger partial charge in [0, 0.05) is 22.4 Å². The number of nitrogens with zero attached hydrogens (tertiary/aromatic N) is 1. The van der Waals surface area contributed by atoms with E-state index in [9.17, 15) is 0 Å². The van der Waals surface area contributed by atoms with E-state index in [0.717, 1.165) is 17.1 Å². The van der Waals surface area contributed by atoms with E-state index in [2.05, 4.69) is 219 Å². The van der Waals surface area contributed by atoms with Gasteiger partial charge in [-0.25, -0.2) is 0 Å². The maximum Gasteiger partial charge on any atom is 0.0540 e. The van der Waals surface area contributed by atoms with Crippen LogP contribution in [0.4, 0.5) is 17.1 Å². The van der Waals surface area contributed by atoms with Crippen LogP contribution in [0.1, 0.15) is 25.0 Å². The molecular weight excluding hydrogens is 651 g/mol. The van der Waals surface area contributed by atoms with Crippen LogP contribution in [-0.4, -0.2) is 0 Å². The van der Waals surface area contributed by atoms with E-state index in [1.54, 1.807) is 0 Å². The molecule has 0 aromatic heterocycles. The summed E-state index contributed by atoms with van der Waals surface area (Å²) in [7, 11) is 0. The third-order valence-electron chi connectivity index (χ3n) is 11.4. The summed E-state index contributed by atoms with van der Waals surface area (Å²) in [5.74, 6) is 0. The van der Waals surface area contributed by atoms with Gasteiger partial charge in [-0.05, 0) is 114 Å². The van der Waals surface area contributed by atoms with Gasteiger partial charge >= 0.3 is 0 Å². The molecule has 0 N–H and O–H groups in total. The van der Waals surface area contributed by atoms with E-state index < -0.39 is 0 Å². The Morgan fingerprint density at radius 2 is 0.963 bits per heavy atom. The molecule has 1 nitrogen and oxygen atoms in total. The Labute approximate surface area is 317 Å². The second kappa shape index (κ2) is 12.8. The Hall–Kier alpha value is -6.70. The highest BCUT2D eigenvalue weighted by molar-refractivity contribution is 6.04. The zero-order valence-corrected chi connectivity index (χ0v) is 30.5. The monoisotopic (exact) mass is 689 g/mol. The lowest BCUT2D eigenvalue weighted by Crippen LogP contribution is -2.17. The van der Waals surface area contributed by atoms with Gasteiger partial charge in [0.05, 0.1) is 5.69 Å². The Bertz CT molecular complexity index is 2840. The first-order valence-electron chi connectivity index (χ1n) is 18.9. The normalized spacial score (nSPS) is 12.8. The van der Waals surface area contributed by atoms with E-state index in [0.29, 0.717) is 0 Å². The summed E-state index contributed by atoms with van der Waals surface area (Å²) < 4.78 is 0. The van der Waals surface area contributed by atoms with E-state index >= 15 is 0 Å². The number of anilines is 3. The van der Waals surface area contributed by atoms with Crippen LogP contribution in [-0.2, 0) is 5.41 Å². The number of benzene rings is 9. The minimum Gasteiger partial charge on any atom is -0.310 e. The summed E-state index contributed by atoms with van der Waals surface area (Å²) in [4.78, 5) is 2.44. The van der Waals surface area contributed by atoms with Gasteiger partial charge in [0.15, 0.2) is 0 Å². The lowest BCUT2D eigenvalue weighted by Gasteiger charge is -2.30. The van der Waals surface area contributed by atoms with E-state index in [-0.39, 0.29) is 5.41 Å². The number of hydrogen-bond donors (Lipinski definition) is 0. The Morgan fingerprint density at radius 1 is 0.352 bits per heavy atom. The SMILES string of the molecule is CC1(C)c2cc(N(c3ccccc3)c3ccccc3-c3cc(-c4ccccc4)c4ccccc4c3)ccc2-c2c(-c3cccc4ccccc34)cccc21. The van der Waals surface area contributed by atoms with Crippen molar-refractivity contribution in [3.05, 3.63) is 211 Å². The van der Waals surface area contributed by atoms with Crippen LogP contribution in [0, 0.1) is 0 Å². The third kappa shape index (κ3) is 5.16. The average molecular weight is 690 g/mol. The van der Waals surface area contributed by atoms with Crippen LogP contribution >= 0.6 is 0 Å². The Kier molecular flexibility index (Phi) is 7.56. The van der Waals surface area contributed by atoms with Crippen molar-refractivity contribution in [2.45, 2.75) is 19.3 Å². The zero-order valence-electron chi connectivity index (χ0n) is 30.5. The molecule has 1 aliphatic rings. The number of para-hydroxylation sites is 2. The molecule has 54 heavy (non-hydrogen) atoms. The number of hydrogen-bond acceptors (Lipinski definition) is 1. The topological polar surface area (TPSA) is 3.24 Å². The molecule has 0 bridgehead atoms. The summed E-state index contributed by atoms with van der Waals surface area (Å²) in [5.41, 5.74) is 16.0. The molecule has 1 heteroatoms. The van der Waals surface area contributed by atoms with Crippen molar-refractivity contribution in [3.8, 4) is 44.5 Å². The molecule has 0 atom stereocenters. The molecule has 0 heterocycles. The second-order valence-corrected chi connectivity index (χ2v) is 14.9. The van der Waals surface area contributed by atoms with Gasteiger partial charge in [-0.15, -0.1) is 0 Å². The van der Waals surface area contributed by atoms with Crippen LogP contribution in [0.5, 0.6) is 0 Å². The lowest BCUT2D eigenvalue weighted by molar-refractivity contribution is 0.660. The summed E-state index contributed by atoms with van der Waals surface area (Å²) in [5, 5.41) is 5.04. The van der Waals surface area contributed by atoms with Gasteiger partial charge in [-0.1, -0.05) is 172 Å². The molecule has 0 spiro atoms. The third-order valence-corrected chi connectivity index (χ3v) is 11.4. The fraction of sp³-hybridized carbons (Fsp3) is 0.0566. The van der Waals surface area contributed by atoms with Crippen molar-refractivity contribution in [1.29, 1.82) is 0 Å². The first kappa shape index (κ1) is 32.0. The van der Waals surface area contributed by atoms with E-state index in [4.69, 9.17) is 0 Å². The minimum absolute atomic E-state index is 0.188. The van der Waals surface area contributed by atoms with Crippen molar-refractivity contribution in [3.63, 3.8) is 0 Å². The molecule has 0 aliphatic heterocycles. The van der Waals surface area contributed by atoms with Crippen molar-refractivity contribution >= 4 is 38.6 Å². The Balaban J connectivity index is 1.16. The van der Waals surface area contributed by atoms with Crippen LogP contribution in [0.3, 0.4) is 0 Å². The molecule has 256 valence electrons. The maximum atomic E-state index is 2.45. The van der Waals surface area contributed by atoms with Crippen LogP contribution in [0.15, 0.2) is 200 Å². The number of rotatable bonds is 6. The molecule has 9 aromatic carbocycles. The molecular formula is C53H39N. The first-order chi connectivity index (χ1) is 26.6. The first-order valence-corrected chi connectivity index (χ1v) is 18.9.